The van der Waals surface area contributed by atoms with Gasteiger partial charge in [-0.3, -0.25) is 4.90 Å². The minimum atomic E-state index is -0.314. The Balaban J connectivity index is 2.26. The summed E-state index contributed by atoms with van der Waals surface area (Å²) in [6.45, 7) is 12.4. The van der Waals surface area contributed by atoms with Gasteiger partial charge in [0.15, 0.2) is 0 Å². The van der Waals surface area contributed by atoms with Crippen molar-refractivity contribution >= 4 is 5.97 Å². The largest absolute Gasteiger partial charge is 0.461 e. The number of rotatable bonds is 6. The molecule has 1 fully saturated rings. The van der Waals surface area contributed by atoms with E-state index < -0.39 is 0 Å². The summed E-state index contributed by atoms with van der Waals surface area (Å²) in [6.07, 6.45) is 1.20. The van der Waals surface area contributed by atoms with E-state index in [1.54, 1.807) is 6.92 Å². The molecule has 17 heavy (non-hydrogen) atoms. The molecule has 0 radical (unpaired) electrons. The van der Waals surface area contributed by atoms with Crippen LogP contribution in [0.5, 0.6) is 0 Å². The van der Waals surface area contributed by atoms with Gasteiger partial charge in [0, 0.05) is 18.7 Å². The first-order valence-electron chi connectivity index (χ1n) is 6.19. The molecule has 1 aliphatic heterocycles. The fourth-order valence-electron chi connectivity index (χ4n) is 1.81. The van der Waals surface area contributed by atoms with Gasteiger partial charge in [0.25, 0.3) is 0 Å². The molecule has 1 atom stereocenters. The maximum absolute atomic E-state index is 11.2. The molecule has 1 unspecified atom stereocenters. The number of esters is 1. The molecule has 1 aliphatic rings. The van der Waals surface area contributed by atoms with Gasteiger partial charge < -0.3 is 9.47 Å². The molecule has 0 aromatic heterocycles. The zero-order valence-corrected chi connectivity index (χ0v) is 11.1. The van der Waals surface area contributed by atoms with Gasteiger partial charge in [-0.25, -0.2) is 4.79 Å². The third kappa shape index (κ3) is 4.88. The standard InChI is InChI=1S/C13H23NO3/c1-10(2)9-12-14(5-7-16-12)6-8-17-13(15)11(3)4/h10,12H,3,5-9H2,1-2,4H3. The van der Waals surface area contributed by atoms with Crippen molar-refractivity contribution in [2.75, 3.05) is 26.3 Å². The predicted molar refractivity (Wildman–Crippen MR) is 66.5 cm³/mol. The maximum atomic E-state index is 11.2. The Hall–Kier alpha value is -0.870. The van der Waals surface area contributed by atoms with Crippen LogP contribution in [-0.2, 0) is 14.3 Å². The van der Waals surface area contributed by atoms with Gasteiger partial charge in [-0.15, -0.1) is 0 Å². The van der Waals surface area contributed by atoms with Crippen LogP contribution in [0.4, 0.5) is 0 Å². The second-order valence-corrected chi connectivity index (χ2v) is 4.91. The Kier molecular flexibility index (Phi) is 5.65. The van der Waals surface area contributed by atoms with E-state index in [0.717, 1.165) is 26.1 Å². The average Bonchev–Trinajstić information content (AvgIpc) is 2.64. The van der Waals surface area contributed by atoms with E-state index in [9.17, 15) is 4.79 Å². The molecule has 1 heterocycles. The van der Waals surface area contributed by atoms with Crippen LogP contribution in [0.25, 0.3) is 0 Å². The van der Waals surface area contributed by atoms with E-state index in [2.05, 4.69) is 25.3 Å². The third-order valence-corrected chi connectivity index (χ3v) is 2.73. The van der Waals surface area contributed by atoms with E-state index in [1.165, 1.54) is 0 Å². The molecule has 0 aromatic rings. The number of hydrogen-bond donors (Lipinski definition) is 0. The summed E-state index contributed by atoms with van der Waals surface area (Å²) in [5, 5.41) is 0. The second kappa shape index (κ2) is 6.77. The Bertz CT molecular complexity index is 276. The fraction of sp³-hybridized carbons (Fsp3) is 0.769. The molecular weight excluding hydrogens is 218 g/mol. The van der Waals surface area contributed by atoms with Crippen LogP contribution in [0, 0.1) is 5.92 Å². The molecule has 0 aliphatic carbocycles. The molecule has 1 rings (SSSR count). The summed E-state index contributed by atoms with van der Waals surface area (Å²) in [6, 6.07) is 0. The molecule has 0 bridgehead atoms. The van der Waals surface area contributed by atoms with E-state index in [1.807, 2.05) is 0 Å². The minimum absolute atomic E-state index is 0.179. The van der Waals surface area contributed by atoms with Gasteiger partial charge in [0.1, 0.15) is 12.8 Å². The molecule has 4 nitrogen and oxygen atoms in total. The number of carbonyl (C=O) groups excluding carboxylic acids is 1. The number of hydrogen-bond acceptors (Lipinski definition) is 4. The minimum Gasteiger partial charge on any atom is -0.461 e. The van der Waals surface area contributed by atoms with Crippen molar-refractivity contribution in [3.05, 3.63) is 12.2 Å². The van der Waals surface area contributed by atoms with Crippen LogP contribution in [-0.4, -0.2) is 43.4 Å². The molecule has 98 valence electrons. The van der Waals surface area contributed by atoms with Gasteiger partial charge in [0.05, 0.1) is 6.61 Å². The first-order valence-corrected chi connectivity index (χ1v) is 6.19. The Labute approximate surface area is 104 Å². The van der Waals surface area contributed by atoms with Crippen LogP contribution in [0.15, 0.2) is 12.2 Å². The van der Waals surface area contributed by atoms with Gasteiger partial charge >= 0.3 is 5.97 Å². The smallest absolute Gasteiger partial charge is 0.333 e. The highest BCUT2D eigenvalue weighted by molar-refractivity contribution is 5.86. The third-order valence-electron chi connectivity index (χ3n) is 2.73. The Morgan fingerprint density at radius 1 is 1.59 bits per heavy atom. The highest BCUT2D eigenvalue weighted by Crippen LogP contribution is 2.17. The number of carbonyl (C=O) groups is 1. The highest BCUT2D eigenvalue weighted by Gasteiger charge is 2.25. The Morgan fingerprint density at radius 3 is 2.88 bits per heavy atom. The maximum Gasteiger partial charge on any atom is 0.333 e. The fourth-order valence-corrected chi connectivity index (χ4v) is 1.81. The zero-order chi connectivity index (χ0) is 12.8. The lowest BCUT2D eigenvalue weighted by molar-refractivity contribution is -0.139. The van der Waals surface area contributed by atoms with Crippen LogP contribution >= 0.6 is 0 Å². The van der Waals surface area contributed by atoms with Crippen LogP contribution in [0.2, 0.25) is 0 Å². The second-order valence-electron chi connectivity index (χ2n) is 4.91. The summed E-state index contributed by atoms with van der Waals surface area (Å²) in [5.41, 5.74) is 0.446. The molecular formula is C13H23NO3. The molecule has 0 N–H and O–H groups in total. The first-order chi connectivity index (χ1) is 8.00. The van der Waals surface area contributed by atoms with Crippen molar-refractivity contribution in [2.24, 2.45) is 5.92 Å². The average molecular weight is 241 g/mol. The first kappa shape index (κ1) is 14.2. The van der Waals surface area contributed by atoms with Gasteiger partial charge in [0.2, 0.25) is 0 Å². The molecule has 0 aromatic carbocycles. The molecule has 0 spiro atoms. The normalized spacial score (nSPS) is 20.8. The predicted octanol–water partition coefficient (Wildman–Crippen LogP) is 1.81. The quantitative estimate of drug-likeness (QED) is 0.525. The summed E-state index contributed by atoms with van der Waals surface area (Å²) in [5.74, 6) is 0.295. The van der Waals surface area contributed by atoms with Crippen LogP contribution in [0.3, 0.4) is 0 Å². The van der Waals surface area contributed by atoms with Crippen molar-refractivity contribution in [3.8, 4) is 0 Å². The van der Waals surface area contributed by atoms with Gasteiger partial charge in [-0.1, -0.05) is 20.4 Å². The number of nitrogens with zero attached hydrogens (tertiary/aromatic N) is 1. The number of ether oxygens (including phenoxy) is 2. The SMILES string of the molecule is C=C(C)C(=O)OCCN1CCOC1CC(C)C. The van der Waals surface area contributed by atoms with E-state index in [0.29, 0.717) is 18.1 Å². The van der Waals surface area contributed by atoms with E-state index in [-0.39, 0.29) is 12.2 Å². The van der Waals surface area contributed by atoms with Crippen molar-refractivity contribution in [2.45, 2.75) is 33.4 Å². The lowest BCUT2D eigenvalue weighted by Crippen LogP contribution is -2.34. The lowest BCUT2D eigenvalue weighted by atomic mass is 10.1. The van der Waals surface area contributed by atoms with Gasteiger partial charge in [-0.2, -0.15) is 0 Å². The Morgan fingerprint density at radius 2 is 2.29 bits per heavy atom. The molecule has 4 heteroatoms. The summed E-state index contributed by atoms with van der Waals surface area (Å²) in [7, 11) is 0. The van der Waals surface area contributed by atoms with Crippen LogP contribution in [0.1, 0.15) is 27.2 Å². The summed E-state index contributed by atoms with van der Waals surface area (Å²) < 4.78 is 10.7. The summed E-state index contributed by atoms with van der Waals surface area (Å²) in [4.78, 5) is 13.4. The molecule has 0 saturated carbocycles. The zero-order valence-electron chi connectivity index (χ0n) is 11.1. The van der Waals surface area contributed by atoms with Crippen molar-refractivity contribution < 1.29 is 14.3 Å². The lowest BCUT2D eigenvalue weighted by Gasteiger charge is -2.23. The summed E-state index contributed by atoms with van der Waals surface area (Å²) >= 11 is 0. The van der Waals surface area contributed by atoms with Crippen molar-refractivity contribution in [1.29, 1.82) is 0 Å². The van der Waals surface area contributed by atoms with Crippen molar-refractivity contribution in [1.82, 2.24) is 4.90 Å². The van der Waals surface area contributed by atoms with Crippen LogP contribution < -0.4 is 0 Å². The van der Waals surface area contributed by atoms with Crippen molar-refractivity contribution in [3.63, 3.8) is 0 Å². The topological polar surface area (TPSA) is 38.8 Å². The van der Waals surface area contributed by atoms with Gasteiger partial charge in [-0.05, 0) is 19.3 Å². The highest BCUT2D eigenvalue weighted by atomic mass is 16.5. The monoisotopic (exact) mass is 241 g/mol. The van der Waals surface area contributed by atoms with E-state index >= 15 is 0 Å². The molecule has 1 saturated heterocycles. The molecule has 0 amide bonds. The van der Waals surface area contributed by atoms with E-state index in [4.69, 9.17) is 9.47 Å².